The molecule has 1 aliphatic rings. The summed E-state index contributed by atoms with van der Waals surface area (Å²) < 4.78 is 5.15. The smallest absolute Gasteiger partial charge is 0.341 e. The van der Waals surface area contributed by atoms with Gasteiger partial charge in [-0.05, 0) is 25.0 Å². The number of rotatable bonds is 5. The number of nitrogens with zero attached hydrogens (tertiary/aromatic N) is 2. The normalized spacial score (nSPS) is 12.8. The number of hydrogen-bond donors (Lipinski definition) is 1. The molecule has 0 atom stereocenters. The Labute approximate surface area is 180 Å². The fourth-order valence-electron chi connectivity index (χ4n) is 3.15. The van der Waals surface area contributed by atoms with Crippen LogP contribution < -0.4 is 5.32 Å². The molecule has 0 spiro atoms. The van der Waals surface area contributed by atoms with Crippen molar-refractivity contribution in [3.8, 4) is 0 Å². The first kappa shape index (κ1) is 21.7. The molecule has 2 heterocycles. The van der Waals surface area contributed by atoms with Crippen LogP contribution in [0.15, 0.2) is 18.2 Å². The van der Waals surface area contributed by atoms with Crippen LogP contribution in [-0.2, 0) is 22.5 Å². The molecule has 3 rings (SSSR count). The zero-order chi connectivity index (χ0) is 22.0. The number of esters is 1. The first-order valence-electron chi connectivity index (χ1n) is 9.05. The molecule has 2 aromatic rings. The van der Waals surface area contributed by atoms with Crippen LogP contribution in [0.25, 0.3) is 0 Å². The molecule has 0 radical (unpaired) electrons. The van der Waals surface area contributed by atoms with Crippen molar-refractivity contribution >= 4 is 51.4 Å². The van der Waals surface area contributed by atoms with Crippen LogP contribution in [0, 0.1) is 10.1 Å². The van der Waals surface area contributed by atoms with E-state index in [-0.39, 0.29) is 39.4 Å². The first-order chi connectivity index (χ1) is 14.2. The lowest BCUT2D eigenvalue weighted by atomic mass is 10.0. The summed E-state index contributed by atoms with van der Waals surface area (Å²) in [6, 6.07) is 3.54. The Bertz CT molecular complexity index is 1050. The molecule has 30 heavy (non-hydrogen) atoms. The maximum atomic E-state index is 12.8. The average Bonchev–Trinajstić information content (AvgIpc) is 3.05. The number of benzene rings is 1. The zero-order valence-electron chi connectivity index (χ0n) is 16.2. The summed E-state index contributed by atoms with van der Waals surface area (Å²) in [4.78, 5) is 49.9. The molecule has 9 nitrogen and oxygen atoms in total. The predicted molar refractivity (Wildman–Crippen MR) is 111 cm³/mol. The van der Waals surface area contributed by atoms with Gasteiger partial charge in [-0.3, -0.25) is 19.7 Å². The molecule has 1 aromatic heterocycles. The molecule has 1 aliphatic heterocycles. The third-order valence-corrected chi connectivity index (χ3v) is 6.08. The van der Waals surface area contributed by atoms with E-state index >= 15 is 0 Å². The molecule has 0 saturated carbocycles. The van der Waals surface area contributed by atoms with Gasteiger partial charge in [0.1, 0.15) is 5.00 Å². The Morgan fingerprint density at radius 2 is 2.10 bits per heavy atom. The van der Waals surface area contributed by atoms with Gasteiger partial charge in [0, 0.05) is 30.5 Å². The second-order valence-electron chi connectivity index (χ2n) is 6.49. The Morgan fingerprint density at radius 3 is 2.73 bits per heavy atom. The number of fused-ring (bicyclic) bond motifs is 1. The van der Waals surface area contributed by atoms with Gasteiger partial charge in [0.05, 0.1) is 34.2 Å². The van der Waals surface area contributed by atoms with Crippen molar-refractivity contribution in [2.24, 2.45) is 0 Å². The number of nitrogens with one attached hydrogen (secondary N) is 1. The van der Waals surface area contributed by atoms with E-state index in [9.17, 15) is 24.5 Å². The summed E-state index contributed by atoms with van der Waals surface area (Å²) in [6.45, 7) is 4.09. The highest BCUT2D eigenvalue weighted by atomic mass is 35.5. The topological polar surface area (TPSA) is 119 Å². The largest absolute Gasteiger partial charge is 0.462 e. The summed E-state index contributed by atoms with van der Waals surface area (Å²) in [5.41, 5.74) is 0.612. The van der Waals surface area contributed by atoms with Crippen molar-refractivity contribution in [1.82, 2.24) is 4.90 Å². The summed E-state index contributed by atoms with van der Waals surface area (Å²) in [7, 11) is 0. The van der Waals surface area contributed by atoms with Crippen molar-refractivity contribution < 1.29 is 24.0 Å². The second-order valence-corrected chi connectivity index (χ2v) is 8.01. The summed E-state index contributed by atoms with van der Waals surface area (Å²) in [6.07, 6.45) is 0.451. The standard InChI is InChI=1S/C19H18ClN3O6S/c1-3-29-19(26)16-12-6-7-22(10(2)24)9-15(12)30-18(16)21-17(25)13-8-11(23(27)28)4-5-14(13)20/h4-5,8H,3,6-7,9H2,1-2H3,(H,21,25). The highest BCUT2D eigenvalue weighted by Gasteiger charge is 2.30. The second kappa shape index (κ2) is 8.80. The number of hydrogen-bond acceptors (Lipinski definition) is 7. The molecular formula is C19H18ClN3O6S. The number of thiophene rings is 1. The molecule has 1 N–H and O–H groups in total. The monoisotopic (exact) mass is 451 g/mol. The van der Waals surface area contributed by atoms with Crippen molar-refractivity contribution in [3.63, 3.8) is 0 Å². The van der Waals surface area contributed by atoms with E-state index in [4.69, 9.17) is 16.3 Å². The van der Waals surface area contributed by atoms with E-state index in [0.717, 1.165) is 16.5 Å². The highest BCUT2D eigenvalue weighted by Crippen LogP contribution is 2.38. The van der Waals surface area contributed by atoms with Crippen LogP contribution in [-0.4, -0.2) is 40.8 Å². The maximum Gasteiger partial charge on any atom is 0.341 e. The number of carbonyl (C=O) groups is 3. The van der Waals surface area contributed by atoms with Crippen LogP contribution in [0.1, 0.15) is 45.0 Å². The zero-order valence-corrected chi connectivity index (χ0v) is 17.8. The summed E-state index contributed by atoms with van der Waals surface area (Å²) in [5, 5.41) is 14.0. The van der Waals surface area contributed by atoms with Gasteiger partial charge in [0.2, 0.25) is 5.91 Å². The van der Waals surface area contributed by atoms with Gasteiger partial charge in [-0.15, -0.1) is 11.3 Å². The molecule has 158 valence electrons. The lowest BCUT2D eigenvalue weighted by Gasteiger charge is -2.25. The van der Waals surface area contributed by atoms with Crippen LogP contribution in [0.3, 0.4) is 0 Å². The number of amides is 2. The van der Waals surface area contributed by atoms with E-state index in [0.29, 0.717) is 19.5 Å². The van der Waals surface area contributed by atoms with Crippen molar-refractivity contribution in [3.05, 3.63) is 54.9 Å². The highest BCUT2D eigenvalue weighted by molar-refractivity contribution is 7.17. The number of nitro groups is 1. The minimum atomic E-state index is -0.684. The van der Waals surface area contributed by atoms with E-state index in [1.165, 1.54) is 30.4 Å². The summed E-state index contributed by atoms with van der Waals surface area (Å²) in [5.74, 6) is -1.34. The molecule has 0 saturated heterocycles. The number of anilines is 1. The van der Waals surface area contributed by atoms with Gasteiger partial charge in [-0.2, -0.15) is 0 Å². The molecule has 0 unspecified atom stereocenters. The molecular weight excluding hydrogens is 434 g/mol. The summed E-state index contributed by atoms with van der Waals surface area (Å²) >= 11 is 7.23. The van der Waals surface area contributed by atoms with Crippen molar-refractivity contribution in [1.29, 1.82) is 0 Å². The Morgan fingerprint density at radius 1 is 1.37 bits per heavy atom. The third kappa shape index (κ3) is 4.29. The number of non-ortho nitro benzene ring substituents is 1. The maximum absolute atomic E-state index is 12.8. The Hall–Kier alpha value is -2.98. The first-order valence-corrected chi connectivity index (χ1v) is 10.2. The van der Waals surface area contributed by atoms with Crippen molar-refractivity contribution in [2.75, 3.05) is 18.5 Å². The number of carbonyl (C=O) groups excluding carboxylic acids is 3. The number of ether oxygens (including phenoxy) is 1. The van der Waals surface area contributed by atoms with Gasteiger partial charge in [0.25, 0.3) is 11.6 Å². The van der Waals surface area contributed by atoms with E-state index < -0.39 is 16.8 Å². The lowest BCUT2D eigenvalue weighted by molar-refractivity contribution is -0.384. The van der Waals surface area contributed by atoms with Crippen LogP contribution in [0.2, 0.25) is 5.02 Å². The predicted octanol–water partition coefficient (Wildman–Crippen LogP) is 3.64. The van der Waals surface area contributed by atoms with Gasteiger partial charge >= 0.3 is 5.97 Å². The molecule has 11 heteroatoms. The quantitative estimate of drug-likeness (QED) is 0.421. The van der Waals surface area contributed by atoms with Gasteiger partial charge in [-0.1, -0.05) is 11.6 Å². The molecule has 2 amide bonds. The fraction of sp³-hybridized carbons (Fsp3) is 0.316. The minimum Gasteiger partial charge on any atom is -0.462 e. The molecule has 0 fully saturated rings. The molecule has 0 bridgehead atoms. The Kier molecular flexibility index (Phi) is 6.37. The van der Waals surface area contributed by atoms with Crippen LogP contribution in [0.4, 0.5) is 10.7 Å². The van der Waals surface area contributed by atoms with Crippen LogP contribution in [0.5, 0.6) is 0 Å². The van der Waals surface area contributed by atoms with Gasteiger partial charge < -0.3 is 15.0 Å². The van der Waals surface area contributed by atoms with Crippen LogP contribution >= 0.6 is 22.9 Å². The van der Waals surface area contributed by atoms with E-state index in [2.05, 4.69) is 5.32 Å². The minimum absolute atomic E-state index is 0.0415. The lowest BCUT2D eigenvalue weighted by Crippen LogP contribution is -2.34. The Balaban J connectivity index is 1.98. The van der Waals surface area contributed by atoms with E-state index in [1.807, 2.05) is 0 Å². The van der Waals surface area contributed by atoms with Gasteiger partial charge in [-0.25, -0.2) is 4.79 Å². The number of halogens is 1. The van der Waals surface area contributed by atoms with Crippen molar-refractivity contribution in [2.45, 2.75) is 26.8 Å². The fourth-order valence-corrected chi connectivity index (χ4v) is 4.60. The number of nitro benzene ring substituents is 1. The molecule has 0 aliphatic carbocycles. The van der Waals surface area contributed by atoms with E-state index in [1.54, 1.807) is 11.8 Å². The van der Waals surface area contributed by atoms with Gasteiger partial charge in [0.15, 0.2) is 0 Å². The molecule has 1 aromatic carbocycles. The third-order valence-electron chi connectivity index (χ3n) is 4.61. The average molecular weight is 452 g/mol. The SMILES string of the molecule is CCOC(=O)c1c(NC(=O)c2cc([N+](=O)[O-])ccc2Cl)sc2c1CCN(C(C)=O)C2.